The summed E-state index contributed by atoms with van der Waals surface area (Å²) in [5.41, 5.74) is 1.52. The zero-order chi connectivity index (χ0) is 18.9. The minimum absolute atomic E-state index is 0.735. The van der Waals surface area contributed by atoms with Crippen molar-refractivity contribution >= 4 is 27.4 Å². The molecule has 1 saturated heterocycles. The van der Waals surface area contributed by atoms with Crippen molar-refractivity contribution in [2.75, 3.05) is 44.2 Å². The van der Waals surface area contributed by atoms with Gasteiger partial charge in [0.2, 0.25) is 0 Å². The van der Waals surface area contributed by atoms with Crippen LogP contribution in [0.5, 0.6) is 5.75 Å². The van der Waals surface area contributed by atoms with Gasteiger partial charge in [-0.1, -0.05) is 18.2 Å². The van der Waals surface area contributed by atoms with Gasteiger partial charge in [0.25, 0.3) is 0 Å². The zero-order valence-corrected chi connectivity index (χ0v) is 17.2. The van der Waals surface area contributed by atoms with Gasteiger partial charge in [0, 0.05) is 37.6 Å². The number of thiophene rings is 1. The van der Waals surface area contributed by atoms with Crippen LogP contribution >= 0.6 is 11.3 Å². The molecule has 28 heavy (non-hydrogen) atoms. The minimum Gasteiger partial charge on any atom is -0.492 e. The summed E-state index contributed by atoms with van der Waals surface area (Å²) in [6.07, 6.45) is 3.68. The van der Waals surface area contributed by atoms with Gasteiger partial charge in [0.15, 0.2) is 0 Å². The van der Waals surface area contributed by atoms with Crippen LogP contribution in [0.4, 0.5) is 5.82 Å². The molecule has 1 fully saturated rings. The summed E-state index contributed by atoms with van der Waals surface area (Å²) < 4.78 is 5.86. The van der Waals surface area contributed by atoms with Gasteiger partial charge in [-0.05, 0) is 43.9 Å². The number of aromatic nitrogens is 2. The van der Waals surface area contributed by atoms with E-state index < -0.39 is 0 Å². The molecular weight excluding hydrogens is 368 g/mol. The molecule has 1 aromatic carbocycles. The second kappa shape index (κ2) is 7.68. The van der Waals surface area contributed by atoms with Crippen LogP contribution in [-0.4, -0.2) is 54.2 Å². The van der Waals surface area contributed by atoms with E-state index in [2.05, 4.69) is 9.80 Å². The number of nitrogens with zero attached hydrogens (tertiary/aromatic N) is 4. The molecule has 0 bridgehead atoms. The lowest BCUT2D eigenvalue weighted by Gasteiger charge is -2.35. The summed E-state index contributed by atoms with van der Waals surface area (Å²) in [4.78, 5) is 17.3. The van der Waals surface area contributed by atoms with Crippen LogP contribution in [0.1, 0.15) is 22.7 Å². The number of benzene rings is 1. The Balaban J connectivity index is 1.25. The largest absolute Gasteiger partial charge is 0.492 e. The third kappa shape index (κ3) is 3.47. The molecule has 0 atom stereocenters. The van der Waals surface area contributed by atoms with E-state index in [9.17, 15) is 0 Å². The predicted molar refractivity (Wildman–Crippen MR) is 115 cm³/mol. The van der Waals surface area contributed by atoms with Gasteiger partial charge in [0.05, 0.1) is 5.39 Å². The van der Waals surface area contributed by atoms with Crippen LogP contribution in [0.2, 0.25) is 0 Å². The number of para-hydroxylation sites is 1. The van der Waals surface area contributed by atoms with E-state index in [4.69, 9.17) is 14.7 Å². The van der Waals surface area contributed by atoms with Crippen molar-refractivity contribution in [3.8, 4) is 5.75 Å². The van der Waals surface area contributed by atoms with Gasteiger partial charge < -0.3 is 9.64 Å². The maximum absolute atomic E-state index is 5.86. The maximum atomic E-state index is 5.86. The first kappa shape index (κ1) is 17.9. The summed E-state index contributed by atoms with van der Waals surface area (Å²) in [5.74, 6) is 3.01. The second-order valence-electron chi connectivity index (χ2n) is 7.62. The third-order valence-corrected chi connectivity index (χ3v) is 6.93. The molecule has 3 heterocycles. The number of hydrogen-bond donors (Lipinski definition) is 0. The third-order valence-electron chi connectivity index (χ3n) is 5.75. The topological polar surface area (TPSA) is 41.5 Å². The van der Waals surface area contributed by atoms with Gasteiger partial charge in [-0.25, -0.2) is 9.97 Å². The Morgan fingerprint density at radius 3 is 2.68 bits per heavy atom. The Morgan fingerprint density at radius 2 is 1.86 bits per heavy atom. The fraction of sp³-hybridized carbons (Fsp3) is 0.455. The average Bonchev–Trinajstić information content (AvgIpc) is 3.29. The lowest BCUT2D eigenvalue weighted by Crippen LogP contribution is -2.48. The SMILES string of the molecule is Cc1nc(N2CCN(CCOc3ccccc3)CC2)c2c3c(sc2n1)CCC3. The van der Waals surface area contributed by atoms with E-state index in [-0.39, 0.29) is 0 Å². The van der Waals surface area contributed by atoms with Crippen molar-refractivity contribution in [2.45, 2.75) is 26.2 Å². The van der Waals surface area contributed by atoms with E-state index in [1.165, 1.54) is 45.7 Å². The predicted octanol–water partition coefficient (Wildman–Crippen LogP) is 3.69. The summed E-state index contributed by atoms with van der Waals surface area (Å²) in [6, 6.07) is 10.1. The van der Waals surface area contributed by atoms with Crippen molar-refractivity contribution in [3.63, 3.8) is 0 Å². The van der Waals surface area contributed by atoms with Gasteiger partial charge in [-0.3, -0.25) is 4.90 Å². The van der Waals surface area contributed by atoms with Crippen LogP contribution in [0.3, 0.4) is 0 Å². The molecular formula is C22H26N4OS. The Kier molecular flexibility index (Phi) is 4.91. The summed E-state index contributed by atoms with van der Waals surface area (Å²) in [7, 11) is 0. The molecule has 5 rings (SSSR count). The second-order valence-corrected chi connectivity index (χ2v) is 8.71. The van der Waals surface area contributed by atoms with Gasteiger partial charge in [0.1, 0.15) is 28.8 Å². The van der Waals surface area contributed by atoms with Crippen LogP contribution in [-0.2, 0) is 12.8 Å². The highest BCUT2D eigenvalue weighted by molar-refractivity contribution is 7.19. The molecule has 2 aliphatic rings. The quantitative estimate of drug-likeness (QED) is 0.660. The highest BCUT2D eigenvalue weighted by Gasteiger charge is 2.26. The monoisotopic (exact) mass is 394 g/mol. The minimum atomic E-state index is 0.735. The average molecular weight is 395 g/mol. The lowest BCUT2D eigenvalue weighted by molar-refractivity contribution is 0.200. The molecule has 6 heteroatoms. The van der Waals surface area contributed by atoms with E-state index in [1.54, 1.807) is 0 Å². The van der Waals surface area contributed by atoms with Crippen molar-refractivity contribution in [3.05, 3.63) is 46.6 Å². The first-order valence-corrected chi connectivity index (χ1v) is 11.0. The fourth-order valence-electron chi connectivity index (χ4n) is 4.30. The first-order valence-electron chi connectivity index (χ1n) is 10.2. The van der Waals surface area contributed by atoms with Crippen LogP contribution in [0.15, 0.2) is 30.3 Å². The zero-order valence-electron chi connectivity index (χ0n) is 16.4. The molecule has 0 amide bonds. The number of anilines is 1. The number of ether oxygens (including phenoxy) is 1. The molecule has 0 saturated carbocycles. The number of fused-ring (bicyclic) bond motifs is 3. The first-order chi connectivity index (χ1) is 13.8. The fourth-order valence-corrected chi connectivity index (χ4v) is 5.60. The van der Waals surface area contributed by atoms with Crippen molar-refractivity contribution in [2.24, 2.45) is 0 Å². The Bertz CT molecular complexity index is 964. The summed E-state index contributed by atoms with van der Waals surface area (Å²) in [5, 5.41) is 1.34. The van der Waals surface area contributed by atoms with Crippen LogP contribution < -0.4 is 9.64 Å². The molecule has 0 N–H and O–H groups in total. The number of aryl methyl sites for hydroxylation is 3. The normalized spacial score (nSPS) is 17.2. The molecule has 5 nitrogen and oxygen atoms in total. The maximum Gasteiger partial charge on any atom is 0.141 e. The number of piperazine rings is 1. The lowest BCUT2D eigenvalue weighted by atomic mass is 10.1. The van der Waals surface area contributed by atoms with E-state index in [0.717, 1.165) is 50.9 Å². The van der Waals surface area contributed by atoms with Gasteiger partial charge in [-0.15, -0.1) is 11.3 Å². The molecule has 1 aliphatic heterocycles. The van der Waals surface area contributed by atoms with Gasteiger partial charge >= 0.3 is 0 Å². The standard InChI is InChI=1S/C22H26N4OS/c1-16-23-21(20-18-8-5-9-19(18)28-22(20)24-16)26-12-10-25(11-13-26)14-15-27-17-6-3-2-4-7-17/h2-4,6-7H,5,8-15H2,1H3. The van der Waals surface area contributed by atoms with Crippen molar-refractivity contribution in [1.29, 1.82) is 0 Å². The molecule has 2 aromatic heterocycles. The van der Waals surface area contributed by atoms with Gasteiger partial charge in [-0.2, -0.15) is 0 Å². The van der Waals surface area contributed by atoms with E-state index >= 15 is 0 Å². The molecule has 0 radical (unpaired) electrons. The van der Waals surface area contributed by atoms with E-state index in [1.807, 2.05) is 48.6 Å². The highest BCUT2D eigenvalue weighted by atomic mass is 32.1. The Labute approximate surface area is 170 Å². The molecule has 0 unspecified atom stereocenters. The molecule has 146 valence electrons. The Hall–Kier alpha value is -2.18. The highest BCUT2D eigenvalue weighted by Crippen LogP contribution is 2.40. The smallest absolute Gasteiger partial charge is 0.141 e. The number of rotatable bonds is 5. The molecule has 3 aromatic rings. The van der Waals surface area contributed by atoms with E-state index in [0.29, 0.717) is 0 Å². The summed E-state index contributed by atoms with van der Waals surface area (Å²) in [6.45, 7) is 7.85. The van der Waals surface area contributed by atoms with Crippen molar-refractivity contribution < 1.29 is 4.74 Å². The molecule has 0 spiro atoms. The number of hydrogen-bond acceptors (Lipinski definition) is 6. The molecule has 1 aliphatic carbocycles. The van der Waals surface area contributed by atoms with Crippen LogP contribution in [0.25, 0.3) is 10.2 Å². The van der Waals surface area contributed by atoms with Crippen LogP contribution in [0, 0.1) is 6.92 Å². The van der Waals surface area contributed by atoms with Crippen molar-refractivity contribution in [1.82, 2.24) is 14.9 Å². The summed E-state index contributed by atoms with van der Waals surface area (Å²) >= 11 is 1.88. The Morgan fingerprint density at radius 1 is 1.04 bits per heavy atom.